The molecule has 0 bridgehead atoms. The number of nitrogens with one attached hydrogen (secondary N) is 2. The van der Waals surface area contributed by atoms with Crippen LogP contribution in [0.5, 0.6) is 0 Å². The zero-order valence-corrected chi connectivity index (χ0v) is 19.9. The molecular formula is C25H22ClN5O2S. The summed E-state index contributed by atoms with van der Waals surface area (Å²) in [5.41, 5.74) is 2.36. The molecule has 1 heterocycles. The van der Waals surface area contributed by atoms with Gasteiger partial charge in [-0.05, 0) is 43.3 Å². The monoisotopic (exact) mass is 491 g/mol. The average Bonchev–Trinajstić information content (AvgIpc) is 3.27. The van der Waals surface area contributed by atoms with Crippen molar-refractivity contribution in [1.29, 1.82) is 0 Å². The first-order valence-corrected chi connectivity index (χ1v) is 12.0. The number of halogens is 1. The molecule has 0 fully saturated rings. The van der Waals surface area contributed by atoms with E-state index in [-0.39, 0.29) is 17.6 Å². The van der Waals surface area contributed by atoms with Crippen molar-refractivity contribution in [2.75, 3.05) is 16.4 Å². The van der Waals surface area contributed by atoms with Crippen molar-refractivity contribution in [3.63, 3.8) is 0 Å². The van der Waals surface area contributed by atoms with E-state index in [2.05, 4.69) is 20.8 Å². The second-order valence-electron chi connectivity index (χ2n) is 7.26. The number of hydrogen-bond acceptors (Lipinski definition) is 5. The van der Waals surface area contributed by atoms with Gasteiger partial charge in [0.25, 0.3) is 5.91 Å². The SMILES string of the molecule is CCn1c(SCC(=O)Nc2ccccc2C(=O)Nc2ccccc2)nnc1-c1cccc(Cl)c1. The molecule has 34 heavy (non-hydrogen) atoms. The smallest absolute Gasteiger partial charge is 0.257 e. The summed E-state index contributed by atoms with van der Waals surface area (Å²) in [5.74, 6) is 0.255. The molecule has 0 saturated carbocycles. The van der Waals surface area contributed by atoms with E-state index in [0.29, 0.717) is 39.5 Å². The number of carbonyl (C=O) groups excluding carboxylic acids is 2. The Morgan fingerprint density at radius 1 is 0.941 bits per heavy atom. The van der Waals surface area contributed by atoms with Crippen LogP contribution in [0.4, 0.5) is 11.4 Å². The van der Waals surface area contributed by atoms with Crippen LogP contribution in [-0.4, -0.2) is 32.3 Å². The molecule has 172 valence electrons. The topological polar surface area (TPSA) is 88.9 Å². The van der Waals surface area contributed by atoms with Gasteiger partial charge in [0.2, 0.25) is 5.91 Å². The normalized spacial score (nSPS) is 10.6. The van der Waals surface area contributed by atoms with Gasteiger partial charge in [0, 0.05) is 22.8 Å². The molecule has 9 heteroatoms. The molecule has 0 aliphatic carbocycles. The number of aromatic nitrogens is 3. The van der Waals surface area contributed by atoms with Crippen LogP contribution in [0.2, 0.25) is 5.02 Å². The van der Waals surface area contributed by atoms with Gasteiger partial charge in [0.1, 0.15) is 0 Å². The fourth-order valence-corrected chi connectivity index (χ4v) is 4.34. The van der Waals surface area contributed by atoms with Crippen LogP contribution in [0.3, 0.4) is 0 Å². The Morgan fingerprint density at radius 3 is 2.47 bits per heavy atom. The van der Waals surface area contributed by atoms with E-state index in [1.807, 2.05) is 47.9 Å². The molecule has 0 aliphatic rings. The van der Waals surface area contributed by atoms with Crippen molar-refractivity contribution in [1.82, 2.24) is 14.8 Å². The summed E-state index contributed by atoms with van der Waals surface area (Å²) < 4.78 is 1.94. The van der Waals surface area contributed by atoms with Gasteiger partial charge in [0.15, 0.2) is 11.0 Å². The number of nitrogens with zero attached hydrogens (tertiary/aromatic N) is 3. The Balaban J connectivity index is 1.43. The van der Waals surface area contributed by atoms with Gasteiger partial charge in [-0.2, -0.15) is 0 Å². The maximum absolute atomic E-state index is 12.7. The van der Waals surface area contributed by atoms with E-state index in [0.717, 1.165) is 5.56 Å². The Morgan fingerprint density at radius 2 is 1.71 bits per heavy atom. The molecule has 3 aromatic carbocycles. The molecule has 0 spiro atoms. The van der Waals surface area contributed by atoms with Gasteiger partial charge < -0.3 is 15.2 Å². The number of thioether (sulfide) groups is 1. The Hall–Kier alpha value is -3.62. The molecule has 0 aliphatic heterocycles. The minimum Gasteiger partial charge on any atom is -0.325 e. The van der Waals surface area contributed by atoms with Crippen molar-refractivity contribution in [2.24, 2.45) is 0 Å². The second-order valence-corrected chi connectivity index (χ2v) is 8.64. The highest BCUT2D eigenvalue weighted by atomic mass is 35.5. The molecule has 0 atom stereocenters. The lowest BCUT2D eigenvalue weighted by molar-refractivity contribution is -0.113. The third kappa shape index (κ3) is 5.65. The Bertz CT molecular complexity index is 1310. The summed E-state index contributed by atoms with van der Waals surface area (Å²) in [6.45, 7) is 2.63. The van der Waals surface area contributed by atoms with Crippen LogP contribution in [0.1, 0.15) is 17.3 Å². The lowest BCUT2D eigenvalue weighted by atomic mass is 10.1. The fraction of sp³-hybridized carbons (Fsp3) is 0.120. The first-order valence-electron chi connectivity index (χ1n) is 10.6. The predicted octanol–water partition coefficient (Wildman–Crippen LogP) is 5.60. The standard InChI is InChI=1S/C25H22ClN5O2S/c1-2-31-23(17-9-8-10-18(26)15-17)29-30-25(31)34-16-22(32)28-21-14-7-6-13-20(21)24(33)27-19-11-4-3-5-12-19/h3-15H,2,16H2,1H3,(H,27,33)(H,28,32). The first-order chi connectivity index (χ1) is 16.5. The third-order valence-corrected chi connectivity index (χ3v) is 6.13. The van der Waals surface area contributed by atoms with Gasteiger partial charge in [0.05, 0.1) is 17.0 Å². The molecule has 0 radical (unpaired) electrons. The van der Waals surface area contributed by atoms with Crippen LogP contribution in [-0.2, 0) is 11.3 Å². The molecule has 2 N–H and O–H groups in total. The molecule has 4 aromatic rings. The Kier molecular flexibility index (Phi) is 7.61. The zero-order valence-electron chi connectivity index (χ0n) is 18.4. The minimum atomic E-state index is -0.299. The molecule has 4 rings (SSSR count). The van der Waals surface area contributed by atoms with Crippen LogP contribution in [0.25, 0.3) is 11.4 Å². The van der Waals surface area contributed by atoms with E-state index in [1.54, 1.807) is 42.5 Å². The molecule has 7 nitrogen and oxygen atoms in total. The van der Waals surface area contributed by atoms with Crippen molar-refractivity contribution in [3.05, 3.63) is 89.4 Å². The van der Waals surface area contributed by atoms with Gasteiger partial charge in [-0.15, -0.1) is 10.2 Å². The van der Waals surface area contributed by atoms with Crippen LogP contribution in [0.15, 0.2) is 84.0 Å². The van der Waals surface area contributed by atoms with Gasteiger partial charge in [-0.25, -0.2) is 0 Å². The summed E-state index contributed by atoms with van der Waals surface area (Å²) in [4.78, 5) is 25.4. The second kappa shape index (κ2) is 11.0. The highest BCUT2D eigenvalue weighted by molar-refractivity contribution is 7.99. The van der Waals surface area contributed by atoms with Crippen molar-refractivity contribution in [3.8, 4) is 11.4 Å². The van der Waals surface area contributed by atoms with E-state index < -0.39 is 0 Å². The number of anilines is 2. The van der Waals surface area contributed by atoms with E-state index >= 15 is 0 Å². The molecule has 1 aromatic heterocycles. The van der Waals surface area contributed by atoms with E-state index in [1.165, 1.54) is 11.8 Å². The van der Waals surface area contributed by atoms with E-state index in [4.69, 9.17) is 11.6 Å². The lowest BCUT2D eigenvalue weighted by Crippen LogP contribution is -2.19. The van der Waals surface area contributed by atoms with Crippen molar-refractivity contribution < 1.29 is 9.59 Å². The summed E-state index contributed by atoms with van der Waals surface area (Å²) in [6, 6.07) is 23.5. The van der Waals surface area contributed by atoms with Crippen LogP contribution < -0.4 is 10.6 Å². The van der Waals surface area contributed by atoms with Crippen molar-refractivity contribution in [2.45, 2.75) is 18.6 Å². The minimum absolute atomic E-state index is 0.113. The molecule has 0 saturated heterocycles. The fourth-order valence-electron chi connectivity index (χ4n) is 3.35. The molecule has 2 amide bonds. The van der Waals surface area contributed by atoms with Crippen molar-refractivity contribution >= 4 is 46.6 Å². The van der Waals surface area contributed by atoms with Crippen LogP contribution in [0, 0.1) is 0 Å². The van der Waals surface area contributed by atoms with Gasteiger partial charge >= 0.3 is 0 Å². The Labute approximate surface area is 206 Å². The zero-order chi connectivity index (χ0) is 23.9. The van der Waals surface area contributed by atoms with E-state index in [9.17, 15) is 9.59 Å². The number of hydrogen-bond donors (Lipinski definition) is 2. The lowest BCUT2D eigenvalue weighted by Gasteiger charge is -2.12. The largest absolute Gasteiger partial charge is 0.325 e. The summed E-state index contributed by atoms with van der Waals surface area (Å²) in [6.07, 6.45) is 0. The highest BCUT2D eigenvalue weighted by Crippen LogP contribution is 2.26. The number of para-hydroxylation sites is 2. The molecule has 0 unspecified atom stereocenters. The average molecular weight is 492 g/mol. The number of amides is 2. The van der Waals surface area contributed by atoms with Crippen LogP contribution >= 0.6 is 23.4 Å². The van der Waals surface area contributed by atoms with Gasteiger partial charge in [-0.3, -0.25) is 9.59 Å². The maximum Gasteiger partial charge on any atom is 0.257 e. The summed E-state index contributed by atoms with van der Waals surface area (Å²) in [5, 5.41) is 15.5. The predicted molar refractivity (Wildman–Crippen MR) is 136 cm³/mol. The maximum atomic E-state index is 12.7. The summed E-state index contributed by atoms with van der Waals surface area (Å²) >= 11 is 7.39. The van der Waals surface area contributed by atoms with Gasteiger partial charge in [-0.1, -0.05) is 65.8 Å². The number of benzene rings is 3. The third-order valence-electron chi connectivity index (χ3n) is 4.93. The molecular weight excluding hydrogens is 470 g/mol. The highest BCUT2D eigenvalue weighted by Gasteiger charge is 2.17. The number of rotatable bonds is 8. The first kappa shape index (κ1) is 23.5. The summed E-state index contributed by atoms with van der Waals surface area (Å²) in [7, 11) is 0. The number of carbonyl (C=O) groups is 2. The quantitative estimate of drug-likeness (QED) is 0.313.